The minimum atomic E-state index is -0.721. The van der Waals surface area contributed by atoms with Crippen LogP contribution in [0.4, 0.5) is 10.1 Å². The number of amides is 1. The largest absolute Gasteiger partial charge is 0.325 e. The van der Waals surface area contributed by atoms with E-state index >= 15 is 0 Å². The van der Waals surface area contributed by atoms with E-state index in [1.54, 1.807) is 18.2 Å². The van der Waals surface area contributed by atoms with E-state index in [9.17, 15) is 9.18 Å². The average Bonchev–Trinajstić information content (AvgIpc) is 2.45. The first-order chi connectivity index (χ1) is 10.5. The molecule has 3 heteroatoms. The Kier molecular flexibility index (Phi) is 3.73. The lowest BCUT2D eigenvalue weighted by atomic mass is 9.63. The van der Waals surface area contributed by atoms with Crippen LogP contribution in [-0.4, -0.2) is 5.91 Å². The molecular formula is C19H20FNO. The van der Waals surface area contributed by atoms with Gasteiger partial charge in [0.15, 0.2) is 0 Å². The van der Waals surface area contributed by atoms with Crippen LogP contribution in [0.25, 0.3) is 0 Å². The summed E-state index contributed by atoms with van der Waals surface area (Å²) in [4.78, 5) is 12.9. The van der Waals surface area contributed by atoms with E-state index in [2.05, 4.69) is 5.32 Å². The summed E-state index contributed by atoms with van der Waals surface area (Å²) in [6.07, 6.45) is 2.35. The third-order valence-corrected chi connectivity index (χ3v) is 4.88. The van der Waals surface area contributed by atoms with Gasteiger partial charge >= 0.3 is 0 Å². The number of hydrogen-bond donors (Lipinski definition) is 1. The quantitative estimate of drug-likeness (QED) is 0.887. The molecule has 114 valence electrons. The molecule has 0 unspecified atom stereocenters. The molecule has 1 fully saturated rings. The molecule has 0 bridgehead atoms. The van der Waals surface area contributed by atoms with E-state index in [4.69, 9.17) is 0 Å². The maximum absolute atomic E-state index is 14.2. The van der Waals surface area contributed by atoms with Crippen LogP contribution in [0.3, 0.4) is 0 Å². The van der Waals surface area contributed by atoms with E-state index in [1.807, 2.05) is 32.0 Å². The molecule has 0 heterocycles. The van der Waals surface area contributed by atoms with Gasteiger partial charge in [0.1, 0.15) is 5.82 Å². The number of carbonyl (C=O) groups is 1. The maximum Gasteiger partial charge on any atom is 0.235 e. The highest BCUT2D eigenvalue weighted by atomic mass is 19.1. The summed E-state index contributed by atoms with van der Waals surface area (Å²) in [5.74, 6) is -0.393. The zero-order valence-electron chi connectivity index (χ0n) is 12.9. The van der Waals surface area contributed by atoms with Crippen LogP contribution < -0.4 is 5.32 Å². The van der Waals surface area contributed by atoms with Crippen LogP contribution in [0.1, 0.15) is 36.0 Å². The number of nitrogens with one attached hydrogen (secondary N) is 1. The molecule has 0 aliphatic heterocycles. The Balaban J connectivity index is 1.93. The molecule has 0 spiro atoms. The fourth-order valence-electron chi connectivity index (χ4n) is 3.13. The van der Waals surface area contributed by atoms with Crippen molar-refractivity contribution in [2.45, 2.75) is 38.5 Å². The Bertz CT molecular complexity index is 719. The third kappa shape index (κ3) is 2.31. The number of rotatable bonds is 3. The Morgan fingerprint density at radius 2 is 1.82 bits per heavy atom. The minimum Gasteiger partial charge on any atom is -0.325 e. The van der Waals surface area contributed by atoms with E-state index in [-0.39, 0.29) is 11.7 Å². The fraction of sp³-hybridized carbons (Fsp3) is 0.316. The molecule has 22 heavy (non-hydrogen) atoms. The van der Waals surface area contributed by atoms with Gasteiger partial charge in [-0.15, -0.1) is 0 Å². The average molecular weight is 297 g/mol. The summed E-state index contributed by atoms with van der Waals surface area (Å²) in [5.41, 5.74) is 2.79. The predicted octanol–water partition coefficient (Wildman–Crippen LogP) is 4.50. The van der Waals surface area contributed by atoms with Crippen LogP contribution >= 0.6 is 0 Å². The minimum absolute atomic E-state index is 0.0995. The summed E-state index contributed by atoms with van der Waals surface area (Å²) in [6, 6.07) is 12.5. The van der Waals surface area contributed by atoms with Gasteiger partial charge in [-0.2, -0.15) is 0 Å². The van der Waals surface area contributed by atoms with Gasteiger partial charge in [-0.05, 0) is 49.9 Å². The van der Waals surface area contributed by atoms with Gasteiger partial charge in [0.25, 0.3) is 0 Å². The molecule has 2 aromatic carbocycles. The normalized spacial score (nSPS) is 16.0. The van der Waals surface area contributed by atoms with E-state index < -0.39 is 5.41 Å². The van der Waals surface area contributed by atoms with Gasteiger partial charge < -0.3 is 5.32 Å². The molecule has 1 amide bonds. The summed E-state index contributed by atoms with van der Waals surface area (Å²) >= 11 is 0. The number of carbonyl (C=O) groups excluding carboxylic acids is 1. The molecule has 3 rings (SSSR count). The smallest absolute Gasteiger partial charge is 0.235 e. The van der Waals surface area contributed by atoms with Crippen molar-refractivity contribution >= 4 is 11.6 Å². The molecule has 2 aromatic rings. The Morgan fingerprint density at radius 1 is 1.09 bits per heavy atom. The van der Waals surface area contributed by atoms with Crippen molar-refractivity contribution in [2.24, 2.45) is 0 Å². The van der Waals surface area contributed by atoms with Gasteiger partial charge in [-0.25, -0.2) is 4.39 Å². The second-order valence-corrected chi connectivity index (χ2v) is 6.12. The van der Waals surface area contributed by atoms with E-state index in [0.29, 0.717) is 18.4 Å². The van der Waals surface area contributed by atoms with Gasteiger partial charge in [0, 0.05) is 11.3 Å². The van der Waals surface area contributed by atoms with E-state index in [1.165, 1.54) is 6.07 Å². The number of hydrogen-bond acceptors (Lipinski definition) is 1. The Hall–Kier alpha value is -2.16. The first kappa shape index (κ1) is 14.8. The topological polar surface area (TPSA) is 29.1 Å². The predicted molar refractivity (Wildman–Crippen MR) is 86.5 cm³/mol. The number of aryl methyl sites for hydroxylation is 1. The molecule has 1 aliphatic carbocycles. The SMILES string of the molecule is Cc1cccc(NC(=O)C2(c3ccccc3F)CCC2)c1C. The molecular weight excluding hydrogens is 277 g/mol. The second kappa shape index (κ2) is 5.56. The number of halogens is 1. The van der Waals surface area contributed by atoms with Gasteiger partial charge in [0.2, 0.25) is 5.91 Å². The lowest BCUT2D eigenvalue weighted by Crippen LogP contribution is -2.46. The van der Waals surface area contributed by atoms with Crippen molar-refractivity contribution in [3.8, 4) is 0 Å². The second-order valence-electron chi connectivity index (χ2n) is 6.12. The Morgan fingerprint density at radius 3 is 2.45 bits per heavy atom. The summed E-state index contributed by atoms with van der Waals surface area (Å²) in [5, 5.41) is 3.01. The highest BCUT2D eigenvalue weighted by Crippen LogP contribution is 2.45. The van der Waals surface area contributed by atoms with Crippen molar-refractivity contribution in [2.75, 3.05) is 5.32 Å². The van der Waals surface area contributed by atoms with Crippen molar-refractivity contribution in [3.63, 3.8) is 0 Å². The van der Waals surface area contributed by atoms with Gasteiger partial charge in [-0.3, -0.25) is 4.79 Å². The first-order valence-electron chi connectivity index (χ1n) is 7.67. The van der Waals surface area contributed by atoms with Crippen molar-refractivity contribution in [3.05, 3.63) is 65.0 Å². The zero-order valence-corrected chi connectivity index (χ0v) is 12.9. The molecule has 2 nitrogen and oxygen atoms in total. The molecule has 1 saturated carbocycles. The molecule has 0 saturated heterocycles. The molecule has 1 aliphatic rings. The highest BCUT2D eigenvalue weighted by Gasteiger charge is 2.47. The molecule has 1 N–H and O–H groups in total. The van der Waals surface area contributed by atoms with Crippen LogP contribution in [0, 0.1) is 19.7 Å². The Labute approximate surface area is 130 Å². The van der Waals surface area contributed by atoms with Crippen molar-refractivity contribution in [1.29, 1.82) is 0 Å². The lowest BCUT2D eigenvalue weighted by Gasteiger charge is -2.41. The maximum atomic E-state index is 14.2. The molecule has 0 atom stereocenters. The van der Waals surface area contributed by atoms with Crippen molar-refractivity contribution in [1.82, 2.24) is 0 Å². The van der Waals surface area contributed by atoms with Crippen LogP contribution in [-0.2, 0) is 10.2 Å². The van der Waals surface area contributed by atoms with Crippen molar-refractivity contribution < 1.29 is 9.18 Å². The summed E-state index contributed by atoms with van der Waals surface area (Å²) in [6.45, 7) is 4.00. The monoisotopic (exact) mass is 297 g/mol. The standard InChI is InChI=1S/C19H20FNO/c1-13-7-5-10-17(14(13)2)21-18(22)19(11-6-12-19)15-8-3-4-9-16(15)20/h3-5,7-10H,6,11-12H2,1-2H3,(H,21,22). The lowest BCUT2D eigenvalue weighted by molar-refractivity contribution is -0.124. The number of benzene rings is 2. The molecule has 0 aromatic heterocycles. The highest BCUT2D eigenvalue weighted by molar-refractivity contribution is 6.00. The van der Waals surface area contributed by atoms with Gasteiger partial charge in [-0.1, -0.05) is 36.8 Å². The summed E-state index contributed by atoms with van der Waals surface area (Å²) in [7, 11) is 0. The third-order valence-electron chi connectivity index (χ3n) is 4.88. The summed E-state index contributed by atoms with van der Waals surface area (Å²) < 4.78 is 14.2. The van der Waals surface area contributed by atoms with Crippen LogP contribution in [0.5, 0.6) is 0 Å². The van der Waals surface area contributed by atoms with Crippen LogP contribution in [0.2, 0.25) is 0 Å². The van der Waals surface area contributed by atoms with Crippen LogP contribution in [0.15, 0.2) is 42.5 Å². The fourth-order valence-corrected chi connectivity index (χ4v) is 3.13. The zero-order chi connectivity index (χ0) is 15.7. The molecule has 0 radical (unpaired) electrons. The van der Waals surface area contributed by atoms with Gasteiger partial charge in [0.05, 0.1) is 5.41 Å². The van der Waals surface area contributed by atoms with E-state index in [0.717, 1.165) is 23.2 Å². The number of anilines is 1. The first-order valence-corrected chi connectivity index (χ1v) is 7.67.